The van der Waals surface area contributed by atoms with Gasteiger partial charge in [-0.2, -0.15) is 0 Å². The van der Waals surface area contributed by atoms with Crippen LogP contribution in [0.2, 0.25) is 0 Å². The monoisotopic (exact) mass is 181 g/mol. The van der Waals surface area contributed by atoms with E-state index in [9.17, 15) is 4.79 Å². The second-order valence-electron chi connectivity index (χ2n) is 3.14. The van der Waals surface area contributed by atoms with E-state index in [0.29, 0.717) is 0 Å². The largest absolute Gasteiger partial charge is 0.463 e. The fraction of sp³-hybridized carbons (Fsp3) is 0.556. The van der Waals surface area contributed by atoms with Crippen LogP contribution >= 0.6 is 0 Å². The van der Waals surface area contributed by atoms with Crippen LogP contribution in [0.4, 0.5) is 0 Å². The number of ether oxygens (including phenoxy) is 1. The maximum absolute atomic E-state index is 11.2. The Labute approximate surface area is 75.9 Å². The van der Waals surface area contributed by atoms with E-state index in [0.717, 1.165) is 36.9 Å². The van der Waals surface area contributed by atoms with E-state index in [1.807, 2.05) is 0 Å². The molecule has 4 heteroatoms. The minimum atomic E-state index is -0.421. The number of aromatic nitrogens is 1. The molecule has 0 saturated carbocycles. The van der Waals surface area contributed by atoms with Gasteiger partial charge in [0.1, 0.15) is 0 Å². The minimum Gasteiger partial charge on any atom is -0.463 e. The summed E-state index contributed by atoms with van der Waals surface area (Å²) in [4.78, 5) is 11.2. The number of esters is 1. The summed E-state index contributed by atoms with van der Waals surface area (Å²) in [5.74, 6) is -0.132. The van der Waals surface area contributed by atoms with Gasteiger partial charge in [0.05, 0.1) is 12.8 Å². The van der Waals surface area contributed by atoms with Gasteiger partial charge in [0.2, 0.25) is 5.76 Å². The second kappa shape index (κ2) is 3.20. The third-order valence-electron chi connectivity index (χ3n) is 2.33. The lowest BCUT2D eigenvalue weighted by Crippen LogP contribution is -2.07. The van der Waals surface area contributed by atoms with E-state index >= 15 is 0 Å². The zero-order valence-corrected chi connectivity index (χ0v) is 7.50. The van der Waals surface area contributed by atoms with Crippen molar-refractivity contribution in [3.8, 4) is 0 Å². The quantitative estimate of drug-likeness (QED) is 0.613. The van der Waals surface area contributed by atoms with Crippen molar-refractivity contribution in [2.75, 3.05) is 7.11 Å². The molecule has 70 valence electrons. The lowest BCUT2D eigenvalue weighted by Gasteiger charge is -2.07. The normalized spacial score (nSPS) is 15.2. The van der Waals surface area contributed by atoms with Crippen LogP contribution in [0, 0.1) is 0 Å². The van der Waals surface area contributed by atoms with Crippen molar-refractivity contribution >= 4 is 5.97 Å². The second-order valence-corrected chi connectivity index (χ2v) is 3.14. The SMILES string of the molecule is COC(=O)c1onc2c1CCCC2. The van der Waals surface area contributed by atoms with Crippen molar-refractivity contribution in [1.82, 2.24) is 5.16 Å². The summed E-state index contributed by atoms with van der Waals surface area (Å²) in [7, 11) is 1.35. The Morgan fingerprint density at radius 3 is 3.00 bits per heavy atom. The van der Waals surface area contributed by atoms with Gasteiger partial charge in [-0.3, -0.25) is 0 Å². The molecule has 0 radical (unpaired) electrons. The molecule has 0 aliphatic heterocycles. The molecule has 0 atom stereocenters. The Bertz CT molecular complexity index is 330. The molecule has 0 bridgehead atoms. The maximum atomic E-state index is 11.2. The van der Waals surface area contributed by atoms with E-state index in [2.05, 4.69) is 9.89 Å². The number of nitrogens with zero attached hydrogens (tertiary/aromatic N) is 1. The number of methoxy groups -OCH3 is 1. The van der Waals surface area contributed by atoms with Crippen LogP contribution in [0.5, 0.6) is 0 Å². The molecule has 1 aliphatic rings. The number of fused-ring (bicyclic) bond motifs is 1. The lowest BCUT2D eigenvalue weighted by atomic mass is 9.96. The molecule has 0 unspecified atom stereocenters. The van der Waals surface area contributed by atoms with Gasteiger partial charge in [-0.15, -0.1) is 0 Å². The number of aryl methyl sites for hydroxylation is 1. The molecule has 0 fully saturated rings. The van der Waals surface area contributed by atoms with E-state index in [-0.39, 0.29) is 5.76 Å². The first-order chi connectivity index (χ1) is 6.33. The average molecular weight is 181 g/mol. The summed E-state index contributed by atoms with van der Waals surface area (Å²) in [6.45, 7) is 0. The first kappa shape index (κ1) is 8.29. The summed E-state index contributed by atoms with van der Waals surface area (Å²) in [5, 5.41) is 3.85. The van der Waals surface area contributed by atoms with Gasteiger partial charge in [0, 0.05) is 5.56 Å². The number of hydrogen-bond donors (Lipinski definition) is 0. The third kappa shape index (κ3) is 1.32. The van der Waals surface area contributed by atoms with Gasteiger partial charge < -0.3 is 9.26 Å². The Morgan fingerprint density at radius 1 is 1.46 bits per heavy atom. The Kier molecular flexibility index (Phi) is 2.04. The Morgan fingerprint density at radius 2 is 2.23 bits per heavy atom. The van der Waals surface area contributed by atoms with Gasteiger partial charge in [0.25, 0.3) is 0 Å². The number of carbonyl (C=O) groups excluding carboxylic acids is 1. The summed E-state index contributed by atoms with van der Waals surface area (Å²) >= 11 is 0. The number of hydrogen-bond acceptors (Lipinski definition) is 4. The molecule has 0 amide bonds. The molecule has 13 heavy (non-hydrogen) atoms. The van der Waals surface area contributed by atoms with Gasteiger partial charge in [-0.25, -0.2) is 4.79 Å². The fourth-order valence-corrected chi connectivity index (χ4v) is 1.64. The highest BCUT2D eigenvalue weighted by atomic mass is 16.5. The van der Waals surface area contributed by atoms with E-state index in [1.54, 1.807) is 0 Å². The Balaban J connectivity index is 2.36. The molecule has 1 aromatic heterocycles. The molecular formula is C9H11NO3. The Hall–Kier alpha value is -1.32. The third-order valence-corrected chi connectivity index (χ3v) is 2.33. The summed E-state index contributed by atoms with van der Waals surface area (Å²) in [6, 6.07) is 0. The smallest absolute Gasteiger partial charge is 0.377 e. The number of rotatable bonds is 1. The lowest BCUT2D eigenvalue weighted by molar-refractivity contribution is 0.0553. The van der Waals surface area contributed by atoms with Crippen molar-refractivity contribution < 1.29 is 14.1 Å². The zero-order valence-electron chi connectivity index (χ0n) is 7.50. The van der Waals surface area contributed by atoms with Gasteiger partial charge in [0.15, 0.2) is 0 Å². The zero-order chi connectivity index (χ0) is 9.26. The van der Waals surface area contributed by atoms with Crippen LogP contribution in [0.15, 0.2) is 4.52 Å². The van der Waals surface area contributed by atoms with Crippen LogP contribution in [-0.4, -0.2) is 18.2 Å². The first-order valence-corrected chi connectivity index (χ1v) is 4.38. The minimum absolute atomic E-state index is 0.289. The van der Waals surface area contributed by atoms with Crippen molar-refractivity contribution in [2.24, 2.45) is 0 Å². The molecule has 0 N–H and O–H groups in total. The van der Waals surface area contributed by atoms with Crippen LogP contribution in [-0.2, 0) is 17.6 Å². The average Bonchev–Trinajstić information content (AvgIpc) is 2.60. The highest BCUT2D eigenvalue weighted by molar-refractivity contribution is 5.88. The molecule has 1 heterocycles. The van der Waals surface area contributed by atoms with Gasteiger partial charge >= 0.3 is 5.97 Å². The van der Waals surface area contributed by atoms with Crippen LogP contribution < -0.4 is 0 Å². The topological polar surface area (TPSA) is 52.3 Å². The summed E-state index contributed by atoms with van der Waals surface area (Å²) < 4.78 is 9.53. The van der Waals surface area contributed by atoms with Crippen molar-refractivity contribution in [3.05, 3.63) is 17.0 Å². The summed E-state index contributed by atoms with van der Waals surface area (Å²) in [6.07, 6.45) is 4.01. The van der Waals surface area contributed by atoms with Crippen LogP contribution in [0.3, 0.4) is 0 Å². The predicted molar refractivity (Wildman–Crippen MR) is 44.5 cm³/mol. The predicted octanol–water partition coefficient (Wildman–Crippen LogP) is 1.34. The highest BCUT2D eigenvalue weighted by Gasteiger charge is 2.24. The molecule has 1 aromatic rings. The molecule has 2 rings (SSSR count). The molecular weight excluding hydrogens is 170 g/mol. The molecule has 0 aromatic carbocycles. The van der Waals surface area contributed by atoms with Crippen LogP contribution in [0.1, 0.15) is 34.7 Å². The summed E-state index contributed by atoms with van der Waals surface area (Å²) in [5.41, 5.74) is 1.87. The van der Waals surface area contributed by atoms with E-state index in [1.165, 1.54) is 7.11 Å². The fourth-order valence-electron chi connectivity index (χ4n) is 1.64. The van der Waals surface area contributed by atoms with Crippen LogP contribution in [0.25, 0.3) is 0 Å². The van der Waals surface area contributed by atoms with Crippen molar-refractivity contribution in [1.29, 1.82) is 0 Å². The molecule has 1 aliphatic carbocycles. The highest BCUT2D eigenvalue weighted by Crippen LogP contribution is 2.24. The first-order valence-electron chi connectivity index (χ1n) is 4.38. The van der Waals surface area contributed by atoms with E-state index < -0.39 is 5.97 Å². The van der Waals surface area contributed by atoms with Gasteiger partial charge in [-0.1, -0.05) is 5.16 Å². The van der Waals surface area contributed by atoms with Crippen molar-refractivity contribution in [3.63, 3.8) is 0 Å². The van der Waals surface area contributed by atoms with Crippen molar-refractivity contribution in [2.45, 2.75) is 25.7 Å². The standard InChI is InChI=1S/C9H11NO3/c1-12-9(11)8-6-4-2-3-5-7(6)10-13-8/h2-5H2,1H3. The molecule has 0 saturated heterocycles. The molecule has 4 nitrogen and oxygen atoms in total. The van der Waals surface area contributed by atoms with E-state index in [4.69, 9.17) is 4.52 Å². The maximum Gasteiger partial charge on any atom is 0.377 e. The number of carbonyl (C=O) groups is 1. The van der Waals surface area contributed by atoms with Gasteiger partial charge in [-0.05, 0) is 25.7 Å². The molecule has 0 spiro atoms.